The Morgan fingerprint density at radius 1 is 0.519 bits per heavy atom. The van der Waals surface area contributed by atoms with Crippen molar-refractivity contribution >= 4 is 0 Å². The molecular weight excluding hydrogens is 412 g/mol. The fourth-order valence-electron chi connectivity index (χ4n) is 2.35. The van der Waals surface area contributed by atoms with Gasteiger partial charge >= 0.3 is 17.1 Å². The first kappa shape index (κ1) is 30.5. The van der Waals surface area contributed by atoms with E-state index in [9.17, 15) is 0 Å². The Labute approximate surface area is 171 Å². The van der Waals surface area contributed by atoms with Gasteiger partial charge in [-0.1, -0.05) is 0 Å². The zero-order chi connectivity index (χ0) is 20.5. The van der Waals surface area contributed by atoms with Crippen molar-refractivity contribution in [3.8, 4) is 0 Å². The molecule has 0 aromatic rings. The molecule has 1 saturated heterocycles. The summed E-state index contributed by atoms with van der Waals surface area (Å²) >= 11 is 0. The number of rotatable bonds is 0. The van der Waals surface area contributed by atoms with Gasteiger partial charge in [0, 0.05) is 26.2 Å². The van der Waals surface area contributed by atoms with Crippen molar-refractivity contribution < 1.29 is 27.2 Å². The molecule has 0 bridgehead atoms. The Morgan fingerprint density at radius 2 is 0.667 bits per heavy atom. The van der Waals surface area contributed by atoms with Gasteiger partial charge in [0.1, 0.15) is 0 Å². The summed E-state index contributed by atoms with van der Waals surface area (Å²) in [5.41, 5.74) is 0. The first-order chi connectivity index (χ1) is 12.0. The molecule has 0 saturated carbocycles. The molecule has 0 aromatic heterocycles. The van der Waals surface area contributed by atoms with Crippen molar-refractivity contribution in [3.63, 3.8) is 0 Å². The summed E-state index contributed by atoms with van der Waals surface area (Å²) in [5, 5.41) is 29.5. The average molecular weight is 444 g/mol. The van der Waals surface area contributed by atoms with Crippen LogP contribution in [-0.4, -0.2) is 110 Å². The van der Waals surface area contributed by atoms with Gasteiger partial charge in [0.25, 0.3) is 0 Å². The van der Waals surface area contributed by atoms with Crippen LogP contribution in [0.5, 0.6) is 0 Å². The van der Waals surface area contributed by atoms with Crippen LogP contribution in [0.4, 0.5) is 0 Å². The molecule has 1 radical (unpaired) electrons. The van der Waals surface area contributed by atoms with Gasteiger partial charge in [0.05, 0.1) is 10.2 Å². The molecule has 0 aromatic carbocycles. The maximum absolute atomic E-state index is 8.25. The van der Waals surface area contributed by atoms with Crippen molar-refractivity contribution in [1.29, 1.82) is 0 Å². The summed E-state index contributed by atoms with van der Waals surface area (Å²) in [6.07, 6.45) is 2.56. The van der Waals surface area contributed by atoms with Gasteiger partial charge in [-0.2, -0.15) is 0 Å². The van der Waals surface area contributed by atoms with Crippen molar-refractivity contribution in [2.45, 2.75) is 12.8 Å². The number of likely N-dealkylation sites (N-methyl/N-ethyl adjacent to an activating group) is 4. The fraction of sp³-hybridized carbons (Fsp3) is 1.00. The third-order valence-electron chi connectivity index (χ3n) is 3.89. The maximum atomic E-state index is 8.25. The minimum Gasteiger partial charge on any atom is -0.356 e. The first-order valence-electron chi connectivity index (χ1n) is 8.41. The predicted molar refractivity (Wildman–Crippen MR) is 99.9 cm³/mol. The van der Waals surface area contributed by atoms with E-state index in [0.717, 1.165) is 0 Å². The van der Waals surface area contributed by atoms with Crippen LogP contribution in [0.15, 0.2) is 0 Å². The van der Waals surface area contributed by atoms with Crippen LogP contribution in [0.25, 0.3) is 0 Å². The summed E-state index contributed by atoms with van der Waals surface area (Å²) in [6, 6.07) is 0. The third kappa shape index (κ3) is 29.8. The molecule has 12 nitrogen and oxygen atoms in total. The van der Waals surface area contributed by atoms with Crippen molar-refractivity contribution in [3.05, 3.63) is 30.6 Å². The molecule has 1 rings (SSSR count). The van der Waals surface area contributed by atoms with Crippen molar-refractivity contribution in [2.75, 3.05) is 80.5 Å². The molecule has 0 unspecified atom stereocenters. The Hall–Kier alpha value is -1.24. The fourth-order valence-corrected chi connectivity index (χ4v) is 2.35. The zero-order valence-electron chi connectivity index (χ0n) is 16.5. The van der Waals surface area contributed by atoms with Gasteiger partial charge in [-0.15, -0.1) is 0 Å². The van der Waals surface area contributed by atoms with E-state index in [0.29, 0.717) is 0 Å². The quantitative estimate of drug-likeness (QED) is 0.285. The second-order valence-corrected chi connectivity index (χ2v) is 6.37. The molecule has 0 aliphatic carbocycles. The van der Waals surface area contributed by atoms with E-state index in [1.807, 2.05) is 0 Å². The van der Waals surface area contributed by atoms with E-state index in [4.69, 9.17) is 30.6 Å². The van der Waals surface area contributed by atoms with Crippen molar-refractivity contribution in [1.82, 2.24) is 19.6 Å². The number of nitrogens with zero attached hydrogens (tertiary/aromatic N) is 6. The molecule has 0 spiro atoms. The van der Waals surface area contributed by atoms with Crippen LogP contribution in [-0.2, 0) is 17.1 Å². The molecule has 1 aliphatic heterocycles. The average Bonchev–Trinajstić information content (AvgIpc) is 2.49. The van der Waals surface area contributed by atoms with Gasteiger partial charge in [0.2, 0.25) is 0 Å². The second kappa shape index (κ2) is 19.5. The van der Waals surface area contributed by atoms with E-state index < -0.39 is 10.2 Å². The Kier molecular flexibility index (Phi) is 22.0. The molecule has 165 valence electrons. The Morgan fingerprint density at radius 3 is 0.815 bits per heavy atom. The molecule has 1 fully saturated rings. The monoisotopic (exact) mass is 443 g/mol. The number of hydrogen-bond donors (Lipinski definition) is 0. The Balaban J connectivity index is -0.000000543. The summed E-state index contributed by atoms with van der Waals surface area (Å²) in [6.45, 7) is 9.63. The maximum Gasteiger partial charge on any atom is 2.00 e. The topological polar surface area (TPSA) is 145 Å². The van der Waals surface area contributed by atoms with Gasteiger partial charge in [-0.05, 0) is 67.2 Å². The van der Waals surface area contributed by atoms with E-state index >= 15 is 0 Å². The van der Waals surface area contributed by atoms with E-state index in [1.165, 1.54) is 65.2 Å². The van der Waals surface area contributed by atoms with Gasteiger partial charge < -0.3 is 50.2 Å². The van der Waals surface area contributed by atoms with Crippen LogP contribution in [0.2, 0.25) is 0 Å². The third-order valence-corrected chi connectivity index (χ3v) is 3.89. The second-order valence-electron chi connectivity index (χ2n) is 6.37. The van der Waals surface area contributed by atoms with Crippen LogP contribution in [0.1, 0.15) is 12.8 Å². The molecule has 0 N–H and O–H groups in total. The SMILES string of the molecule is CN1CCCN(C)CCN(C)CCCN(C)CC1.O=[N+]([O-])[O-].O=[N+]([O-])[O-].[Cu+2]. The van der Waals surface area contributed by atoms with E-state index in [-0.39, 0.29) is 17.1 Å². The van der Waals surface area contributed by atoms with Gasteiger partial charge in [-0.25, -0.2) is 0 Å². The van der Waals surface area contributed by atoms with Crippen molar-refractivity contribution in [2.24, 2.45) is 0 Å². The summed E-state index contributed by atoms with van der Waals surface area (Å²) in [4.78, 5) is 26.3. The minimum atomic E-state index is -1.75. The standard InChI is InChI=1S/C14H32N4.Cu.2NO3/c1-15-7-5-8-17(3)13-14-18(4)10-6-9-16(2)12-11-15;;2*2-1(3)4/h5-14H2,1-4H3;;;/q;+2;2*-1. The van der Waals surface area contributed by atoms with Gasteiger partial charge in [-0.3, -0.25) is 0 Å². The normalized spacial score (nSPS) is 19.1. The van der Waals surface area contributed by atoms with Crippen LogP contribution >= 0.6 is 0 Å². The molecule has 1 heterocycles. The largest absolute Gasteiger partial charge is 2.00 e. The minimum absolute atomic E-state index is 0. The zero-order valence-corrected chi connectivity index (χ0v) is 17.4. The molecule has 0 amide bonds. The first-order valence-corrected chi connectivity index (χ1v) is 8.41. The molecular formula is C14H32CuN6O6. The summed E-state index contributed by atoms with van der Waals surface area (Å²) < 4.78 is 0. The Bertz CT molecular complexity index is 320. The predicted octanol–water partition coefficient (Wildman–Crippen LogP) is 0.0267. The molecule has 13 heteroatoms. The van der Waals surface area contributed by atoms with Crippen LogP contribution in [0.3, 0.4) is 0 Å². The van der Waals surface area contributed by atoms with E-state index in [1.54, 1.807) is 0 Å². The van der Waals surface area contributed by atoms with Crippen LogP contribution < -0.4 is 0 Å². The molecule has 1 aliphatic rings. The number of hydrogen-bond acceptors (Lipinski definition) is 10. The van der Waals surface area contributed by atoms with E-state index in [2.05, 4.69) is 47.8 Å². The van der Waals surface area contributed by atoms with Crippen LogP contribution in [0, 0.1) is 30.6 Å². The van der Waals surface area contributed by atoms with Gasteiger partial charge in [0.15, 0.2) is 0 Å². The summed E-state index contributed by atoms with van der Waals surface area (Å²) in [5.74, 6) is 0. The smallest absolute Gasteiger partial charge is 0.356 e. The molecule has 0 atom stereocenters. The molecule has 27 heavy (non-hydrogen) atoms. The summed E-state index contributed by atoms with van der Waals surface area (Å²) in [7, 11) is 8.97.